The lowest BCUT2D eigenvalue weighted by atomic mass is 10.0. The van der Waals surface area contributed by atoms with Gasteiger partial charge >= 0.3 is 0 Å². The minimum atomic E-state index is -0.175. The molecule has 33 heavy (non-hydrogen) atoms. The summed E-state index contributed by atoms with van der Waals surface area (Å²) in [6.07, 6.45) is 9.08. The monoisotopic (exact) mass is 449 g/mol. The molecular weight excluding hydrogens is 413 g/mol. The molecule has 176 valence electrons. The summed E-state index contributed by atoms with van der Waals surface area (Å²) in [6, 6.07) is 13.8. The zero-order valence-corrected chi connectivity index (χ0v) is 19.9. The van der Waals surface area contributed by atoms with E-state index in [1.54, 1.807) is 12.1 Å². The summed E-state index contributed by atoms with van der Waals surface area (Å²) < 4.78 is 15.8. The second-order valence-corrected chi connectivity index (χ2v) is 9.40. The molecular formula is C28H36FN3O. The summed E-state index contributed by atoms with van der Waals surface area (Å²) in [5.74, 6) is -0.0638. The number of rotatable bonds is 9. The fourth-order valence-corrected chi connectivity index (χ4v) is 4.93. The number of amides is 1. The number of fused-ring (bicyclic) bond motifs is 1. The highest BCUT2D eigenvalue weighted by atomic mass is 19.1. The Morgan fingerprint density at radius 1 is 1.09 bits per heavy atom. The van der Waals surface area contributed by atoms with Crippen LogP contribution in [0.2, 0.25) is 0 Å². The molecule has 4 nitrogen and oxygen atoms in total. The van der Waals surface area contributed by atoms with Gasteiger partial charge in [0.1, 0.15) is 5.82 Å². The molecule has 1 aromatic heterocycles. The minimum absolute atomic E-state index is 0.112. The Hall–Kier alpha value is -2.66. The molecule has 1 fully saturated rings. The number of benzene rings is 2. The molecule has 1 aliphatic rings. The highest BCUT2D eigenvalue weighted by Crippen LogP contribution is 2.28. The number of halogens is 1. The van der Waals surface area contributed by atoms with Gasteiger partial charge in [0.25, 0.3) is 0 Å². The number of aryl methyl sites for hydroxylation is 1. The molecule has 0 unspecified atom stereocenters. The number of hydrogen-bond acceptors (Lipinski definition) is 2. The molecule has 1 saturated heterocycles. The Kier molecular flexibility index (Phi) is 7.81. The highest BCUT2D eigenvalue weighted by molar-refractivity contribution is 5.90. The maximum absolute atomic E-state index is 13.5. The lowest BCUT2D eigenvalue weighted by Gasteiger charge is -2.33. The van der Waals surface area contributed by atoms with Crippen molar-refractivity contribution in [3.8, 4) is 0 Å². The van der Waals surface area contributed by atoms with E-state index in [1.807, 2.05) is 18.2 Å². The number of hydrogen-bond donors (Lipinski definition) is 1. The Balaban J connectivity index is 1.29. The summed E-state index contributed by atoms with van der Waals surface area (Å²) in [7, 11) is 0. The van der Waals surface area contributed by atoms with Crippen LogP contribution in [0.4, 0.5) is 10.1 Å². The van der Waals surface area contributed by atoms with Gasteiger partial charge in [-0.05, 0) is 80.1 Å². The van der Waals surface area contributed by atoms with E-state index < -0.39 is 0 Å². The van der Waals surface area contributed by atoms with Crippen molar-refractivity contribution in [3.05, 3.63) is 65.6 Å². The van der Waals surface area contributed by atoms with Gasteiger partial charge in [0.15, 0.2) is 0 Å². The van der Waals surface area contributed by atoms with Crippen LogP contribution < -0.4 is 5.32 Å². The molecule has 1 N–H and O–H groups in total. The average molecular weight is 450 g/mol. The first-order valence-corrected chi connectivity index (χ1v) is 12.4. The Morgan fingerprint density at radius 2 is 1.91 bits per heavy atom. The van der Waals surface area contributed by atoms with Gasteiger partial charge in [0.05, 0.1) is 0 Å². The number of nitrogens with zero attached hydrogens (tertiary/aromatic N) is 2. The van der Waals surface area contributed by atoms with Gasteiger partial charge in [-0.15, -0.1) is 0 Å². The summed E-state index contributed by atoms with van der Waals surface area (Å²) in [4.78, 5) is 14.7. The summed E-state index contributed by atoms with van der Waals surface area (Å²) in [5, 5.41) is 4.04. The molecule has 0 atom stereocenters. The second kappa shape index (κ2) is 11.0. The van der Waals surface area contributed by atoms with Gasteiger partial charge in [0.2, 0.25) is 5.91 Å². The van der Waals surface area contributed by atoms with Crippen LogP contribution in [-0.2, 0) is 11.2 Å². The molecule has 5 heteroatoms. The van der Waals surface area contributed by atoms with Gasteiger partial charge in [-0.25, -0.2) is 4.39 Å². The fraction of sp³-hybridized carbons (Fsp3) is 0.464. The van der Waals surface area contributed by atoms with Crippen LogP contribution in [0.25, 0.3) is 10.9 Å². The predicted octanol–water partition coefficient (Wildman–Crippen LogP) is 6.49. The standard InChI is InChI=1S/C28H36FN3O/c1-3-4-5-6-28(33)30-25-9-7-21(2)22(20-25)11-15-31-16-13-26(14-17-31)32-18-12-23-19-24(29)8-10-27(23)32/h7-10,12,18-20,26H,3-6,11,13-17H2,1-2H3,(H,30,33). The van der Waals surface area contributed by atoms with Gasteiger partial charge < -0.3 is 14.8 Å². The number of aromatic nitrogens is 1. The minimum Gasteiger partial charge on any atom is -0.344 e. The summed E-state index contributed by atoms with van der Waals surface area (Å²) in [6.45, 7) is 7.46. The SMILES string of the molecule is CCCCCC(=O)Nc1ccc(C)c(CCN2CCC(n3ccc4cc(F)ccc43)CC2)c1. The molecule has 1 amide bonds. The predicted molar refractivity (Wildman–Crippen MR) is 134 cm³/mol. The third-order valence-corrected chi connectivity index (χ3v) is 6.97. The molecule has 0 bridgehead atoms. The third-order valence-electron chi connectivity index (χ3n) is 6.97. The summed E-state index contributed by atoms with van der Waals surface area (Å²) >= 11 is 0. The van der Waals surface area contributed by atoms with Crippen molar-refractivity contribution in [1.29, 1.82) is 0 Å². The zero-order chi connectivity index (χ0) is 23.2. The van der Waals surface area contributed by atoms with Crippen molar-refractivity contribution in [3.63, 3.8) is 0 Å². The largest absolute Gasteiger partial charge is 0.344 e. The zero-order valence-electron chi connectivity index (χ0n) is 19.9. The maximum atomic E-state index is 13.5. The number of nitrogens with one attached hydrogen (secondary N) is 1. The van der Waals surface area contributed by atoms with Crippen molar-refractivity contribution in [2.24, 2.45) is 0 Å². The van der Waals surface area contributed by atoms with E-state index in [9.17, 15) is 9.18 Å². The van der Waals surface area contributed by atoms with Crippen LogP contribution in [0, 0.1) is 12.7 Å². The van der Waals surface area contributed by atoms with E-state index in [0.717, 1.165) is 74.7 Å². The smallest absolute Gasteiger partial charge is 0.224 e. The molecule has 2 aromatic carbocycles. The van der Waals surface area contributed by atoms with E-state index >= 15 is 0 Å². The number of anilines is 1. The van der Waals surface area contributed by atoms with Crippen LogP contribution >= 0.6 is 0 Å². The highest BCUT2D eigenvalue weighted by Gasteiger charge is 2.21. The number of carbonyl (C=O) groups is 1. The van der Waals surface area contributed by atoms with E-state index in [4.69, 9.17) is 0 Å². The van der Waals surface area contributed by atoms with Crippen molar-refractivity contribution in [1.82, 2.24) is 9.47 Å². The lowest BCUT2D eigenvalue weighted by Crippen LogP contribution is -2.35. The molecule has 0 aliphatic carbocycles. The molecule has 4 rings (SSSR count). The average Bonchev–Trinajstić information content (AvgIpc) is 3.23. The van der Waals surface area contributed by atoms with Crippen LogP contribution in [0.5, 0.6) is 0 Å². The molecule has 2 heterocycles. The molecule has 0 radical (unpaired) electrons. The quantitative estimate of drug-likeness (QED) is 0.379. The van der Waals surface area contributed by atoms with Gasteiger partial charge in [-0.2, -0.15) is 0 Å². The van der Waals surface area contributed by atoms with E-state index in [0.29, 0.717) is 12.5 Å². The number of piperidine rings is 1. The normalized spacial score (nSPS) is 15.2. The van der Waals surface area contributed by atoms with E-state index in [2.05, 4.69) is 47.0 Å². The first-order valence-electron chi connectivity index (χ1n) is 12.4. The lowest BCUT2D eigenvalue weighted by molar-refractivity contribution is -0.116. The van der Waals surface area contributed by atoms with Crippen molar-refractivity contribution in [2.45, 2.75) is 64.8 Å². The molecule has 1 aliphatic heterocycles. The van der Waals surface area contributed by atoms with Crippen LogP contribution in [0.15, 0.2) is 48.7 Å². The third kappa shape index (κ3) is 6.02. The molecule has 0 saturated carbocycles. The van der Waals surface area contributed by atoms with Crippen LogP contribution in [0.1, 0.15) is 62.6 Å². The number of likely N-dealkylation sites (tertiary alicyclic amines) is 1. The van der Waals surface area contributed by atoms with Gasteiger partial charge in [-0.1, -0.05) is 25.8 Å². The summed E-state index contributed by atoms with van der Waals surface area (Å²) in [5.41, 5.74) is 4.62. The van der Waals surface area contributed by atoms with Gasteiger partial charge in [0, 0.05) is 54.9 Å². The van der Waals surface area contributed by atoms with E-state index in [-0.39, 0.29) is 11.7 Å². The Bertz CT molecular complexity index is 1080. The topological polar surface area (TPSA) is 37.3 Å². The Labute approximate surface area is 196 Å². The number of unbranched alkanes of at least 4 members (excludes halogenated alkanes) is 2. The first-order chi connectivity index (χ1) is 16.0. The number of carbonyl (C=O) groups excluding carboxylic acids is 1. The van der Waals surface area contributed by atoms with E-state index in [1.165, 1.54) is 11.1 Å². The van der Waals surface area contributed by atoms with Gasteiger partial charge in [-0.3, -0.25) is 4.79 Å². The van der Waals surface area contributed by atoms with Crippen molar-refractivity contribution < 1.29 is 9.18 Å². The Morgan fingerprint density at radius 3 is 2.70 bits per heavy atom. The van der Waals surface area contributed by atoms with Crippen molar-refractivity contribution in [2.75, 3.05) is 25.0 Å². The molecule has 3 aromatic rings. The van der Waals surface area contributed by atoms with Crippen molar-refractivity contribution >= 4 is 22.5 Å². The molecule has 0 spiro atoms. The first kappa shape index (κ1) is 23.5. The van der Waals surface area contributed by atoms with Crippen LogP contribution in [-0.4, -0.2) is 35.0 Å². The second-order valence-electron chi connectivity index (χ2n) is 9.40. The maximum Gasteiger partial charge on any atom is 0.224 e. The fourth-order valence-electron chi connectivity index (χ4n) is 4.93. The van der Waals surface area contributed by atoms with Crippen LogP contribution in [0.3, 0.4) is 0 Å².